The molecule has 3 nitrogen and oxygen atoms in total. The number of nitrogens with zero attached hydrogens (tertiary/aromatic N) is 1. The number of amides is 1. The SMILES string of the molecule is N#CC1CC(CC(N)=O)C1. The van der Waals surface area contributed by atoms with E-state index in [9.17, 15) is 4.79 Å². The number of nitriles is 1. The molecule has 0 aliphatic heterocycles. The van der Waals surface area contributed by atoms with Crippen molar-refractivity contribution in [3.05, 3.63) is 0 Å². The summed E-state index contributed by atoms with van der Waals surface area (Å²) in [5, 5.41) is 8.37. The maximum Gasteiger partial charge on any atom is 0.217 e. The van der Waals surface area contributed by atoms with Gasteiger partial charge in [-0.25, -0.2) is 0 Å². The van der Waals surface area contributed by atoms with Crippen LogP contribution in [0.15, 0.2) is 0 Å². The zero-order valence-electron chi connectivity index (χ0n) is 5.71. The molecule has 0 aromatic carbocycles. The highest BCUT2D eigenvalue weighted by Crippen LogP contribution is 2.34. The second-order valence-electron chi connectivity index (χ2n) is 2.83. The molecule has 0 aromatic rings. The van der Waals surface area contributed by atoms with Crippen molar-refractivity contribution >= 4 is 5.91 Å². The Kier molecular flexibility index (Phi) is 1.91. The number of carbonyl (C=O) groups is 1. The van der Waals surface area contributed by atoms with Crippen LogP contribution in [0.2, 0.25) is 0 Å². The topological polar surface area (TPSA) is 66.9 Å². The molecule has 0 spiro atoms. The molecule has 1 saturated carbocycles. The molecule has 0 radical (unpaired) electrons. The van der Waals surface area contributed by atoms with Crippen molar-refractivity contribution in [1.82, 2.24) is 0 Å². The summed E-state index contributed by atoms with van der Waals surface area (Å²) in [6.45, 7) is 0. The first-order chi connectivity index (χ1) is 4.72. The lowest BCUT2D eigenvalue weighted by Gasteiger charge is -2.29. The Labute approximate surface area is 59.8 Å². The van der Waals surface area contributed by atoms with Gasteiger partial charge in [0.25, 0.3) is 0 Å². The van der Waals surface area contributed by atoms with E-state index in [-0.39, 0.29) is 11.8 Å². The van der Waals surface area contributed by atoms with Crippen molar-refractivity contribution < 1.29 is 4.79 Å². The minimum absolute atomic E-state index is 0.185. The van der Waals surface area contributed by atoms with Crippen LogP contribution in [0.25, 0.3) is 0 Å². The van der Waals surface area contributed by atoms with Crippen LogP contribution in [0.1, 0.15) is 19.3 Å². The number of hydrogen-bond acceptors (Lipinski definition) is 2. The van der Waals surface area contributed by atoms with E-state index in [2.05, 4.69) is 6.07 Å². The molecule has 0 aromatic heterocycles. The lowest BCUT2D eigenvalue weighted by molar-refractivity contribution is -0.119. The number of rotatable bonds is 2. The standard InChI is InChI=1S/C7H10N2O/c8-4-6-1-5(2-6)3-7(9)10/h5-6H,1-3H2,(H2,9,10). The molecule has 54 valence electrons. The van der Waals surface area contributed by atoms with Gasteiger partial charge in [0.05, 0.1) is 6.07 Å². The van der Waals surface area contributed by atoms with Gasteiger partial charge in [-0.2, -0.15) is 5.26 Å². The molecule has 1 aliphatic carbocycles. The minimum Gasteiger partial charge on any atom is -0.370 e. The quantitative estimate of drug-likeness (QED) is 0.600. The van der Waals surface area contributed by atoms with Gasteiger partial charge in [0.1, 0.15) is 0 Å². The first-order valence-corrected chi connectivity index (χ1v) is 3.40. The Hall–Kier alpha value is -1.04. The highest BCUT2D eigenvalue weighted by molar-refractivity contribution is 5.74. The van der Waals surface area contributed by atoms with E-state index in [1.807, 2.05) is 0 Å². The molecule has 10 heavy (non-hydrogen) atoms. The van der Waals surface area contributed by atoms with Crippen molar-refractivity contribution in [2.45, 2.75) is 19.3 Å². The largest absolute Gasteiger partial charge is 0.370 e. The van der Waals surface area contributed by atoms with Gasteiger partial charge < -0.3 is 5.73 Å². The molecule has 1 rings (SSSR count). The summed E-state index contributed by atoms with van der Waals surface area (Å²) < 4.78 is 0. The van der Waals surface area contributed by atoms with Crippen molar-refractivity contribution in [2.24, 2.45) is 17.6 Å². The van der Waals surface area contributed by atoms with Gasteiger partial charge in [0, 0.05) is 12.3 Å². The Balaban J connectivity index is 2.16. The first-order valence-electron chi connectivity index (χ1n) is 3.40. The molecule has 0 heterocycles. The number of carbonyl (C=O) groups excluding carboxylic acids is 1. The van der Waals surface area contributed by atoms with Crippen molar-refractivity contribution in [3.63, 3.8) is 0 Å². The van der Waals surface area contributed by atoms with Crippen LogP contribution < -0.4 is 5.73 Å². The average Bonchev–Trinajstić information content (AvgIpc) is 1.76. The zero-order chi connectivity index (χ0) is 7.56. The summed E-state index contributed by atoms with van der Waals surface area (Å²) in [6, 6.07) is 2.15. The zero-order valence-corrected chi connectivity index (χ0v) is 5.71. The fourth-order valence-corrected chi connectivity index (χ4v) is 1.29. The third-order valence-corrected chi connectivity index (χ3v) is 1.91. The normalized spacial score (nSPS) is 30.3. The number of hydrogen-bond donors (Lipinski definition) is 1. The van der Waals surface area contributed by atoms with Crippen LogP contribution in [-0.2, 0) is 4.79 Å². The number of primary amides is 1. The van der Waals surface area contributed by atoms with Crippen molar-refractivity contribution in [3.8, 4) is 6.07 Å². The minimum atomic E-state index is -0.249. The van der Waals surface area contributed by atoms with Crippen LogP contribution in [0.3, 0.4) is 0 Å². The third-order valence-electron chi connectivity index (χ3n) is 1.91. The van der Waals surface area contributed by atoms with Gasteiger partial charge in [-0.3, -0.25) is 4.79 Å². The van der Waals surface area contributed by atoms with Gasteiger partial charge in [0.15, 0.2) is 0 Å². The summed E-state index contributed by atoms with van der Waals surface area (Å²) in [5.74, 6) is 0.327. The molecule has 2 N–H and O–H groups in total. The van der Waals surface area contributed by atoms with Crippen LogP contribution in [0, 0.1) is 23.2 Å². The Morgan fingerprint density at radius 1 is 1.70 bits per heavy atom. The second kappa shape index (κ2) is 2.70. The molecule has 0 atom stereocenters. The Morgan fingerprint density at radius 3 is 2.70 bits per heavy atom. The maximum atomic E-state index is 10.3. The highest BCUT2D eigenvalue weighted by Gasteiger charge is 2.29. The molecule has 3 heteroatoms. The fourth-order valence-electron chi connectivity index (χ4n) is 1.29. The number of nitrogens with two attached hydrogens (primary N) is 1. The van der Waals surface area contributed by atoms with E-state index in [1.165, 1.54) is 0 Å². The summed E-state index contributed by atoms with van der Waals surface area (Å²) in [5.41, 5.74) is 4.97. The lowest BCUT2D eigenvalue weighted by atomic mass is 9.74. The summed E-state index contributed by atoms with van der Waals surface area (Å²) in [4.78, 5) is 10.3. The Bertz CT molecular complexity index is 177. The fraction of sp³-hybridized carbons (Fsp3) is 0.714. The summed E-state index contributed by atoms with van der Waals surface area (Å²) >= 11 is 0. The molecular weight excluding hydrogens is 128 g/mol. The Morgan fingerprint density at radius 2 is 2.30 bits per heavy atom. The first kappa shape index (κ1) is 7.07. The van der Waals surface area contributed by atoms with E-state index in [0.717, 1.165) is 12.8 Å². The lowest BCUT2D eigenvalue weighted by Crippen LogP contribution is -2.27. The molecule has 1 fully saturated rings. The van der Waals surface area contributed by atoms with E-state index < -0.39 is 0 Å². The van der Waals surface area contributed by atoms with Gasteiger partial charge in [-0.1, -0.05) is 0 Å². The van der Waals surface area contributed by atoms with E-state index >= 15 is 0 Å². The van der Waals surface area contributed by atoms with Crippen molar-refractivity contribution in [1.29, 1.82) is 5.26 Å². The van der Waals surface area contributed by atoms with E-state index in [4.69, 9.17) is 11.0 Å². The molecule has 0 bridgehead atoms. The monoisotopic (exact) mass is 138 g/mol. The van der Waals surface area contributed by atoms with E-state index in [1.54, 1.807) is 0 Å². The highest BCUT2D eigenvalue weighted by atomic mass is 16.1. The van der Waals surface area contributed by atoms with Gasteiger partial charge >= 0.3 is 0 Å². The molecular formula is C7H10N2O. The molecule has 1 amide bonds. The average molecular weight is 138 g/mol. The molecule has 0 unspecified atom stereocenters. The van der Waals surface area contributed by atoms with Crippen LogP contribution in [0.4, 0.5) is 0 Å². The van der Waals surface area contributed by atoms with E-state index in [0.29, 0.717) is 12.3 Å². The summed E-state index contributed by atoms with van der Waals surface area (Å²) in [7, 11) is 0. The van der Waals surface area contributed by atoms with Crippen molar-refractivity contribution in [2.75, 3.05) is 0 Å². The van der Waals surface area contributed by atoms with Crippen LogP contribution in [0.5, 0.6) is 0 Å². The van der Waals surface area contributed by atoms with Gasteiger partial charge in [0.2, 0.25) is 5.91 Å². The maximum absolute atomic E-state index is 10.3. The third kappa shape index (κ3) is 1.47. The smallest absolute Gasteiger partial charge is 0.217 e. The van der Waals surface area contributed by atoms with Gasteiger partial charge in [-0.05, 0) is 18.8 Å². The molecule has 1 aliphatic rings. The second-order valence-corrected chi connectivity index (χ2v) is 2.83. The molecule has 0 saturated heterocycles. The summed E-state index contributed by atoms with van der Waals surface area (Å²) in [6.07, 6.45) is 2.18. The predicted octanol–water partition coefficient (Wildman–Crippen LogP) is 0.412. The van der Waals surface area contributed by atoms with Crippen LogP contribution in [-0.4, -0.2) is 5.91 Å². The van der Waals surface area contributed by atoms with Gasteiger partial charge in [-0.15, -0.1) is 0 Å². The van der Waals surface area contributed by atoms with Crippen LogP contribution >= 0.6 is 0 Å². The predicted molar refractivity (Wildman–Crippen MR) is 35.6 cm³/mol.